The molecule has 0 radical (unpaired) electrons. The van der Waals surface area contributed by atoms with Crippen LogP contribution in [0.15, 0.2) is 29.3 Å². The minimum atomic E-state index is -3.29. The van der Waals surface area contributed by atoms with Crippen LogP contribution in [-0.4, -0.2) is 52.5 Å². The molecule has 0 aromatic carbocycles. The number of anilines is 1. The molecule has 4 heterocycles. The minimum Gasteiger partial charge on any atom is -0.335 e. The van der Waals surface area contributed by atoms with E-state index in [4.69, 9.17) is 0 Å². The average Bonchev–Trinajstić information content (AvgIpc) is 3.22. The number of carbonyl (C=O) groups excluding carboxylic acids is 1. The van der Waals surface area contributed by atoms with Gasteiger partial charge in [0.05, 0.1) is 6.26 Å². The molecule has 148 valence electrons. The van der Waals surface area contributed by atoms with Gasteiger partial charge in [0, 0.05) is 37.4 Å². The fourth-order valence-corrected chi connectivity index (χ4v) is 4.82. The first kappa shape index (κ1) is 18.8. The summed E-state index contributed by atoms with van der Waals surface area (Å²) in [5.41, 5.74) is -0.172. The van der Waals surface area contributed by atoms with Crippen LogP contribution in [0.4, 0.5) is 5.82 Å². The van der Waals surface area contributed by atoms with Gasteiger partial charge in [-0.3, -0.25) is 9.59 Å². The van der Waals surface area contributed by atoms with Gasteiger partial charge in [-0.2, -0.15) is 4.98 Å². The average molecular weight is 403 g/mol. The summed E-state index contributed by atoms with van der Waals surface area (Å²) < 4.78 is 27.0. The van der Waals surface area contributed by atoms with Crippen molar-refractivity contribution in [1.82, 2.24) is 18.8 Å². The van der Waals surface area contributed by atoms with E-state index in [0.29, 0.717) is 44.1 Å². The Morgan fingerprint density at radius 1 is 1.25 bits per heavy atom. The second kappa shape index (κ2) is 6.49. The van der Waals surface area contributed by atoms with Crippen molar-refractivity contribution in [2.45, 2.75) is 31.7 Å². The molecule has 2 aliphatic heterocycles. The number of hydrogen-bond acceptors (Lipinski definition) is 6. The maximum absolute atomic E-state index is 12.5. The Bertz CT molecular complexity index is 1110. The van der Waals surface area contributed by atoms with Crippen LogP contribution in [0.5, 0.6) is 0 Å². The van der Waals surface area contributed by atoms with Crippen LogP contribution in [-0.2, 0) is 22.0 Å². The van der Waals surface area contributed by atoms with Crippen LogP contribution >= 0.6 is 0 Å². The highest BCUT2D eigenvalue weighted by molar-refractivity contribution is 7.88. The Morgan fingerprint density at radius 2 is 2.00 bits per heavy atom. The number of nitrogens with one attached hydrogen (secondary N) is 1. The van der Waals surface area contributed by atoms with Crippen LogP contribution in [0.25, 0.3) is 0 Å². The second-order valence-corrected chi connectivity index (χ2v) is 9.51. The molecule has 1 atom stereocenters. The van der Waals surface area contributed by atoms with Crippen LogP contribution in [0.1, 0.15) is 34.6 Å². The lowest BCUT2D eigenvalue weighted by Crippen LogP contribution is -2.35. The maximum atomic E-state index is 12.5. The van der Waals surface area contributed by atoms with Gasteiger partial charge < -0.3 is 9.88 Å². The fraction of sp³-hybridized carbons (Fsp3) is 0.444. The molecule has 2 aliphatic rings. The van der Waals surface area contributed by atoms with Gasteiger partial charge in [0.1, 0.15) is 17.2 Å². The lowest BCUT2D eigenvalue weighted by molar-refractivity contribution is 0.102. The molecular formula is C18H21N5O4S. The van der Waals surface area contributed by atoms with E-state index in [9.17, 15) is 18.0 Å². The van der Waals surface area contributed by atoms with E-state index in [1.807, 2.05) is 13.0 Å². The summed E-state index contributed by atoms with van der Waals surface area (Å²) >= 11 is 0. The lowest BCUT2D eigenvalue weighted by Gasteiger charge is -2.22. The normalized spacial score (nSPS) is 21.8. The van der Waals surface area contributed by atoms with Gasteiger partial charge in [-0.05, 0) is 31.4 Å². The maximum Gasteiger partial charge on any atom is 0.285 e. The first-order valence-electron chi connectivity index (χ1n) is 8.99. The molecule has 28 heavy (non-hydrogen) atoms. The molecule has 1 saturated heterocycles. The van der Waals surface area contributed by atoms with Crippen molar-refractivity contribution in [3.63, 3.8) is 0 Å². The molecule has 10 heteroatoms. The van der Waals surface area contributed by atoms with Crippen molar-refractivity contribution in [3.8, 4) is 0 Å². The predicted octanol–water partition coefficient (Wildman–Crippen LogP) is 0.506. The Labute approximate surface area is 162 Å². The first-order chi connectivity index (χ1) is 13.2. The molecule has 1 N–H and O–H groups in total. The van der Waals surface area contributed by atoms with Crippen molar-refractivity contribution in [1.29, 1.82) is 0 Å². The van der Waals surface area contributed by atoms with Crippen molar-refractivity contribution < 1.29 is 13.2 Å². The quantitative estimate of drug-likeness (QED) is 0.798. The molecule has 2 aromatic rings. The molecule has 0 unspecified atom stereocenters. The topological polar surface area (TPSA) is 114 Å². The molecule has 0 bridgehead atoms. The summed E-state index contributed by atoms with van der Waals surface area (Å²) in [4.78, 5) is 33.4. The highest BCUT2D eigenvalue weighted by atomic mass is 32.2. The number of aryl methyl sites for hydroxylation is 2. The number of fused-ring (bicyclic) bond motifs is 2. The van der Waals surface area contributed by atoms with E-state index in [-0.39, 0.29) is 5.56 Å². The molecule has 0 saturated carbocycles. The molecule has 2 aromatic heterocycles. The van der Waals surface area contributed by atoms with E-state index in [1.54, 1.807) is 16.8 Å². The number of nitrogens with zero attached hydrogens (tertiary/aromatic N) is 4. The Hall–Kier alpha value is -2.59. The highest BCUT2D eigenvalue weighted by Crippen LogP contribution is 2.41. The van der Waals surface area contributed by atoms with Gasteiger partial charge in [0.25, 0.3) is 11.5 Å². The van der Waals surface area contributed by atoms with E-state index >= 15 is 0 Å². The number of pyridine rings is 1. The third-order valence-corrected chi connectivity index (χ3v) is 6.74. The Balaban J connectivity index is 1.62. The molecular weight excluding hydrogens is 382 g/mol. The molecule has 1 amide bonds. The molecule has 1 fully saturated rings. The lowest BCUT2D eigenvalue weighted by atomic mass is 9.85. The van der Waals surface area contributed by atoms with Crippen molar-refractivity contribution in [3.05, 3.63) is 51.8 Å². The zero-order valence-electron chi connectivity index (χ0n) is 15.7. The SMILES string of the molecule is Cc1ccc(NC(=O)c2cn3c(nc2=O)[C@@]2(CCN(S(C)(=O)=O)C2)CC3)nc1. The summed E-state index contributed by atoms with van der Waals surface area (Å²) in [5, 5.41) is 2.61. The third kappa shape index (κ3) is 3.22. The molecule has 4 rings (SSSR count). The zero-order chi connectivity index (χ0) is 20.1. The molecule has 0 aliphatic carbocycles. The summed E-state index contributed by atoms with van der Waals surface area (Å²) in [5.74, 6) is 0.361. The van der Waals surface area contributed by atoms with Gasteiger partial charge in [-0.15, -0.1) is 0 Å². The summed E-state index contributed by atoms with van der Waals surface area (Å²) in [6.45, 7) is 3.20. The smallest absolute Gasteiger partial charge is 0.285 e. The van der Waals surface area contributed by atoms with Gasteiger partial charge in [-0.1, -0.05) is 6.07 Å². The molecule has 9 nitrogen and oxygen atoms in total. The summed E-state index contributed by atoms with van der Waals surface area (Å²) in [6.07, 6.45) is 5.64. The van der Waals surface area contributed by atoms with Gasteiger partial charge >= 0.3 is 0 Å². The third-order valence-electron chi connectivity index (χ3n) is 5.49. The number of rotatable bonds is 3. The van der Waals surface area contributed by atoms with Crippen molar-refractivity contribution in [2.24, 2.45) is 0 Å². The van der Waals surface area contributed by atoms with E-state index in [1.165, 1.54) is 16.8 Å². The zero-order valence-corrected chi connectivity index (χ0v) is 16.5. The van der Waals surface area contributed by atoms with Gasteiger partial charge in [0.15, 0.2) is 0 Å². The predicted molar refractivity (Wildman–Crippen MR) is 103 cm³/mol. The van der Waals surface area contributed by atoms with Crippen molar-refractivity contribution >= 4 is 21.7 Å². The van der Waals surface area contributed by atoms with Crippen LogP contribution < -0.4 is 10.9 Å². The highest BCUT2D eigenvalue weighted by Gasteiger charge is 2.48. The number of carbonyl (C=O) groups is 1. The Kier molecular flexibility index (Phi) is 4.35. The second-order valence-electron chi connectivity index (χ2n) is 7.53. The van der Waals surface area contributed by atoms with Crippen LogP contribution in [0.3, 0.4) is 0 Å². The summed E-state index contributed by atoms with van der Waals surface area (Å²) in [6, 6.07) is 3.48. The van der Waals surface area contributed by atoms with Crippen LogP contribution in [0.2, 0.25) is 0 Å². The van der Waals surface area contributed by atoms with E-state index < -0.39 is 26.9 Å². The van der Waals surface area contributed by atoms with Crippen LogP contribution in [0, 0.1) is 6.92 Å². The van der Waals surface area contributed by atoms with E-state index in [2.05, 4.69) is 15.3 Å². The van der Waals surface area contributed by atoms with Gasteiger partial charge in [-0.25, -0.2) is 17.7 Å². The number of sulfonamides is 1. The minimum absolute atomic E-state index is 0.0545. The molecule has 1 spiro atoms. The number of hydrogen-bond donors (Lipinski definition) is 1. The van der Waals surface area contributed by atoms with E-state index in [0.717, 1.165) is 5.56 Å². The Morgan fingerprint density at radius 3 is 2.64 bits per heavy atom. The largest absolute Gasteiger partial charge is 0.335 e. The van der Waals surface area contributed by atoms with Gasteiger partial charge in [0.2, 0.25) is 10.0 Å². The number of aromatic nitrogens is 3. The number of amides is 1. The fourth-order valence-electron chi connectivity index (χ4n) is 3.92. The van der Waals surface area contributed by atoms with Crippen molar-refractivity contribution in [2.75, 3.05) is 24.7 Å². The standard InChI is InChI=1S/C18H21N5O4S/c1-12-3-4-14(19-9-12)20-15(24)13-10-22-7-5-18(17(22)21-16(13)25)6-8-23(11-18)28(2,26)27/h3-4,9-10H,5-8,11H2,1-2H3,(H,19,20,24)/t18-/m1/s1. The summed E-state index contributed by atoms with van der Waals surface area (Å²) in [7, 11) is -3.29. The monoisotopic (exact) mass is 403 g/mol. The first-order valence-corrected chi connectivity index (χ1v) is 10.8.